The second-order valence-corrected chi connectivity index (χ2v) is 8.50. The molecular weight excluding hydrogens is 408 g/mol. The maximum Gasteiger partial charge on any atom is 0.253 e. The van der Waals surface area contributed by atoms with E-state index in [9.17, 15) is 4.79 Å². The topological polar surface area (TPSA) is 50.1 Å². The SMILES string of the molecule is COc1ccc(-c2nc3sccn3c2CN2CCN(C(=O)c3ccccc3)CC2)cc1. The second-order valence-electron chi connectivity index (χ2n) is 7.63. The van der Waals surface area contributed by atoms with Crippen molar-refractivity contribution in [1.29, 1.82) is 0 Å². The van der Waals surface area contributed by atoms with Crippen molar-refractivity contribution >= 4 is 22.2 Å². The quantitative estimate of drug-likeness (QED) is 0.478. The number of hydrogen-bond acceptors (Lipinski definition) is 5. The van der Waals surface area contributed by atoms with Crippen molar-refractivity contribution < 1.29 is 9.53 Å². The predicted molar refractivity (Wildman–Crippen MR) is 123 cm³/mol. The molecule has 0 bridgehead atoms. The summed E-state index contributed by atoms with van der Waals surface area (Å²) in [6.45, 7) is 3.96. The lowest BCUT2D eigenvalue weighted by Crippen LogP contribution is -2.48. The van der Waals surface area contributed by atoms with Crippen LogP contribution >= 0.6 is 11.3 Å². The van der Waals surface area contributed by atoms with Crippen molar-refractivity contribution in [1.82, 2.24) is 19.2 Å². The average molecular weight is 433 g/mol. The monoisotopic (exact) mass is 432 g/mol. The van der Waals surface area contributed by atoms with Gasteiger partial charge in [-0.05, 0) is 36.4 Å². The molecule has 0 radical (unpaired) electrons. The summed E-state index contributed by atoms with van der Waals surface area (Å²) < 4.78 is 7.48. The van der Waals surface area contributed by atoms with Gasteiger partial charge in [-0.15, -0.1) is 11.3 Å². The highest BCUT2D eigenvalue weighted by Crippen LogP contribution is 2.29. The van der Waals surface area contributed by atoms with E-state index in [0.29, 0.717) is 0 Å². The van der Waals surface area contributed by atoms with Crippen LogP contribution in [0.1, 0.15) is 16.1 Å². The molecule has 0 saturated carbocycles. The number of fused-ring (bicyclic) bond motifs is 1. The summed E-state index contributed by atoms with van der Waals surface area (Å²) >= 11 is 1.64. The van der Waals surface area contributed by atoms with E-state index >= 15 is 0 Å². The van der Waals surface area contributed by atoms with Crippen molar-refractivity contribution in [3.63, 3.8) is 0 Å². The number of piperazine rings is 1. The van der Waals surface area contributed by atoms with Gasteiger partial charge in [0.25, 0.3) is 5.91 Å². The molecule has 158 valence electrons. The molecule has 5 rings (SSSR count). The van der Waals surface area contributed by atoms with Crippen molar-refractivity contribution in [2.24, 2.45) is 0 Å². The number of rotatable bonds is 5. The van der Waals surface area contributed by atoms with Gasteiger partial charge in [-0.2, -0.15) is 0 Å². The Balaban J connectivity index is 1.33. The van der Waals surface area contributed by atoms with Crippen LogP contribution in [0.15, 0.2) is 66.2 Å². The van der Waals surface area contributed by atoms with Gasteiger partial charge in [0.2, 0.25) is 0 Å². The number of thiazole rings is 1. The van der Waals surface area contributed by atoms with Gasteiger partial charge in [-0.1, -0.05) is 18.2 Å². The molecule has 0 N–H and O–H groups in total. The molecule has 4 aromatic rings. The van der Waals surface area contributed by atoms with Gasteiger partial charge in [-0.3, -0.25) is 14.1 Å². The predicted octanol–water partition coefficient (Wildman–Crippen LogP) is 4.03. The number of nitrogens with zero attached hydrogens (tertiary/aromatic N) is 4. The normalized spacial score (nSPS) is 14.8. The van der Waals surface area contributed by atoms with Crippen LogP contribution in [0.4, 0.5) is 0 Å². The number of carbonyl (C=O) groups is 1. The minimum absolute atomic E-state index is 0.115. The Morgan fingerprint density at radius 2 is 1.77 bits per heavy atom. The highest BCUT2D eigenvalue weighted by atomic mass is 32.1. The Labute approximate surface area is 185 Å². The summed E-state index contributed by atoms with van der Waals surface area (Å²) in [5, 5.41) is 2.07. The van der Waals surface area contributed by atoms with Crippen molar-refractivity contribution in [2.45, 2.75) is 6.54 Å². The minimum atomic E-state index is 0.115. The third-order valence-electron chi connectivity index (χ3n) is 5.78. The first-order valence-corrected chi connectivity index (χ1v) is 11.3. The lowest BCUT2D eigenvalue weighted by molar-refractivity contribution is 0.0627. The first kappa shape index (κ1) is 19.8. The largest absolute Gasteiger partial charge is 0.497 e. The summed E-state index contributed by atoms with van der Waals surface area (Å²) in [5.74, 6) is 0.953. The van der Waals surface area contributed by atoms with E-state index in [2.05, 4.69) is 33.0 Å². The third kappa shape index (κ3) is 3.94. The van der Waals surface area contributed by atoms with Crippen LogP contribution in [0, 0.1) is 0 Å². The number of aromatic nitrogens is 2. The molecule has 1 saturated heterocycles. The molecule has 0 aliphatic carbocycles. The van der Waals surface area contributed by atoms with Crippen LogP contribution < -0.4 is 4.74 Å². The molecule has 6 nitrogen and oxygen atoms in total. The lowest BCUT2D eigenvalue weighted by Gasteiger charge is -2.34. The zero-order valence-corrected chi connectivity index (χ0v) is 18.2. The minimum Gasteiger partial charge on any atom is -0.497 e. The van der Waals surface area contributed by atoms with E-state index < -0.39 is 0 Å². The Morgan fingerprint density at radius 3 is 2.48 bits per heavy atom. The highest BCUT2D eigenvalue weighted by Gasteiger charge is 2.24. The van der Waals surface area contributed by atoms with Gasteiger partial charge in [-0.25, -0.2) is 4.98 Å². The number of amides is 1. The molecule has 1 aliphatic rings. The molecule has 2 aromatic carbocycles. The second kappa shape index (κ2) is 8.53. The zero-order chi connectivity index (χ0) is 21.2. The van der Waals surface area contributed by atoms with Gasteiger partial charge >= 0.3 is 0 Å². The Morgan fingerprint density at radius 1 is 1.03 bits per heavy atom. The molecule has 0 unspecified atom stereocenters. The molecule has 7 heteroatoms. The lowest BCUT2D eigenvalue weighted by atomic mass is 10.1. The summed E-state index contributed by atoms with van der Waals surface area (Å²) in [5.41, 5.74) is 4.04. The van der Waals surface area contributed by atoms with Gasteiger partial charge in [0.05, 0.1) is 18.5 Å². The molecule has 0 spiro atoms. The number of ether oxygens (including phenoxy) is 1. The first-order chi connectivity index (χ1) is 15.2. The summed E-state index contributed by atoms with van der Waals surface area (Å²) in [6, 6.07) is 17.6. The van der Waals surface area contributed by atoms with E-state index in [4.69, 9.17) is 9.72 Å². The fraction of sp³-hybridized carbons (Fsp3) is 0.250. The molecule has 0 atom stereocenters. The van der Waals surface area contributed by atoms with Crippen LogP contribution in [0.3, 0.4) is 0 Å². The first-order valence-electron chi connectivity index (χ1n) is 10.4. The average Bonchev–Trinajstić information content (AvgIpc) is 3.42. The highest BCUT2D eigenvalue weighted by molar-refractivity contribution is 7.15. The number of imidazole rings is 1. The van der Waals surface area contributed by atoms with Crippen LogP contribution in [-0.4, -0.2) is 58.4 Å². The Bertz CT molecular complexity index is 1180. The van der Waals surface area contributed by atoms with Crippen LogP contribution in [0.2, 0.25) is 0 Å². The molecule has 1 fully saturated rings. The van der Waals surface area contributed by atoms with E-state index in [0.717, 1.165) is 60.3 Å². The van der Waals surface area contributed by atoms with E-state index in [1.54, 1.807) is 18.4 Å². The molecule has 3 heterocycles. The maximum atomic E-state index is 12.7. The Kier molecular flexibility index (Phi) is 5.44. The van der Waals surface area contributed by atoms with Gasteiger partial charge < -0.3 is 9.64 Å². The molecular formula is C24H24N4O2S. The van der Waals surface area contributed by atoms with Crippen molar-refractivity contribution in [3.8, 4) is 17.0 Å². The fourth-order valence-electron chi connectivity index (χ4n) is 4.05. The zero-order valence-electron chi connectivity index (χ0n) is 17.4. The van der Waals surface area contributed by atoms with E-state index in [-0.39, 0.29) is 5.91 Å². The molecule has 1 aliphatic heterocycles. The van der Waals surface area contributed by atoms with Crippen LogP contribution in [0.25, 0.3) is 16.2 Å². The van der Waals surface area contributed by atoms with Gasteiger partial charge in [0.1, 0.15) is 5.75 Å². The van der Waals surface area contributed by atoms with Crippen molar-refractivity contribution in [3.05, 3.63) is 77.4 Å². The number of benzene rings is 2. The molecule has 31 heavy (non-hydrogen) atoms. The third-order valence-corrected chi connectivity index (χ3v) is 6.53. The van der Waals surface area contributed by atoms with E-state index in [1.165, 1.54) is 5.69 Å². The van der Waals surface area contributed by atoms with E-state index in [1.807, 2.05) is 47.4 Å². The Hall–Kier alpha value is -3.16. The number of hydrogen-bond donors (Lipinski definition) is 0. The summed E-state index contributed by atoms with van der Waals surface area (Å²) in [7, 11) is 1.68. The van der Waals surface area contributed by atoms with Gasteiger partial charge in [0, 0.05) is 55.4 Å². The number of methoxy groups -OCH3 is 1. The molecule has 2 aromatic heterocycles. The molecule has 1 amide bonds. The van der Waals surface area contributed by atoms with Crippen LogP contribution in [0.5, 0.6) is 5.75 Å². The fourth-order valence-corrected chi connectivity index (χ4v) is 4.78. The summed E-state index contributed by atoms with van der Waals surface area (Å²) in [4.78, 5) is 23.0. The summed E-state index contributed by atoms with van der Waals surface area (Å²) in [6.07, 6.45) is 2.09. The van der Waals surface area contributed by atoms with Crippen LogP contribution in [-0.2, 0) is 6.54 Å². The van der Waals surface area contributed by atoms with Gasteiger partial charge in [0.15, 0.2) is 4.96 Å². The smallest absolute Gasteiger partial charge is 0.253 e. The van der Waals surface area contributed by atoms with Crippen molar-refractivity contribution in [2.75, 3.05) is 33.3 Å². The standard InChI is InChI=1S/C24H24N4O2S/c1-30-20-9-7-18(8-10-20)22-21(28-15-16-31-24(28)25-22)17-26-11-13-27(14-12-26)23(29)19-5-3-2-4-6-19/h2-10,15-16H,11-14,17H2,1H3. The number of carbonyl (C=O) groups excluding carboxylic acids is 1. The maximum absolute atomic E-state index is 12.7.